The maximum absolute atomic E-state index is 8.91. The fraction of sp³-hybridized carbons (Fsp3) is 0.188. The minimum atomic E-state index is 0.412. The van der Waals surface area contributed by atoms with Crippen LogP contribution in [0.2, 0.25) is 0 Å². The zero-order valence-electron chi connectivity index (χ0n) is 11.4. The molecule has 0 N–H and O–H groups in total. The molecule has 0 heterocycles. The van der Waals surface area contributed by atoms with Crippen molar-refractivity contribution in [1.82, 2.24) is 0 Å². The highest BCUT2D eigenvalue weighted by atomic mass is 32.2. The van der Waals surface area contributed by atoms with Crippen molar-refractivity contribution in [2.45, 2.75) is 21.1 Å². The van der Waals surface area contributed by atoms with Crippen LogP contribution < -0.4 is 4.74 Å². The molecule has 102 valence electrons. The molecule has 2 nitrogen and oxygen atoms in total. The number of benzene rings is 2. The number of rotatable bonds is 5. The van der Waals surface area contributed by atoms with E-state index in [2.05, 4.69) is 36.6 Å². The largest absolute Gasteiger partial charge is 0.497 e. The van der Waals surface area contributed by atoms with E-state index in [1.165, 1.54) is 4.90 Å². The van der Waals surface area contributed by atoms with Gasteiger partial charge in [-0.3, -0.25) is 0 Å². The molecule has 0 unspecified atom stereocenters. The van der Waals surface area contributed by atoms with Crippen molar-refractivity contribution < 1.29 is 4.74 Å². The third-order valence-electron chi connectivity index (χ3n) is 2.83. The summed E-state index contributed by atoms with van der Waals surface area (Å²) in [6.45, 7) is 0. The molecule has 0 aromatic heterocycles. The lowest BCUT2D eigenvalue weighted by Gasteiger charge is -2.09. The van der Waals surface area contributed by atoms with Crippen LogP contribution in [0.5, 0.6) is 5.75 Å². The molecule has 20 heavy (non-hydrogen) atoms. The van der Waals surface area contributed by atoms with Crippen molar-refractivity contribution in [3.8, 4) is 11.8 Å². The number of thioether (sulfide) groups is 1. The van der Waals surface area contributed by atoms with Crippen LogP contribution >= 0.6 is 23.5 Å². The molecule has 0 saturated heterocycles. The van der Waals surface area contributed by atoms with Crippen LogP contribution in [0.3, 0.4) is 0 Å². The van der Waals surface area contributed by atoms with Crippen molar-refractivity contribution in [1.29, 1.82) is 5.26 Å². The Kier molecular flexibility index (Phi) is 5.40. The van der Waals surface area contributed by atoms with Crippen LogP contribution in [0.1, 0.15) is 5.56 Å². The molecule has 2 aromatic rings. The quantitative estimate of drug-likeness (QED) is 0.754. The summed E-state index contributed by atoms with van der Waals surface area (Å²) in [6.07, 6.45) is 2.48. The Morgan fingerprint density at radius 3 is 2.40 bits per heavy atom. The number of hydrogen-bond donors (Lipinski definition) is 0. The molecule has 0 atom stereocenters. The molecule has 0 spiro atoms. The van der Waals surface area contributed by atoms with Gasteiger partial charge in [-0.05, 0) is 48.2 Å². The van der Waals surface area contributed by atoms with Gasteiger partial charge in [-0.15, -0.1) is 11.8 Å². The number of nitriles is 1. The van der Waals surface area contributed by atoms with Crippen LogP contribution in [-0.2, 0) is 6.42 Å². The highest BCUT2D eigenvalue weighted by Crippen LogP contribution is 2.34. The lowest BCUT2D eigenvalue weighted by Crippen LogP contribution is -1.89. The molecule has 0 saturated carbocycles. The zero-order valence-corrected chi connectivity index (χ0v) is 13.1. The molecule has 0 aliphatic rings. The summed E-state index contributed by atoms with van der Waals surface area (Å²) in [4.78, 5) is 3.48. The first-order chi connectivity index (χ1) is 9.76. The van der Waals surface area contributed by atoms with Crippen LogP contribution in [0.15, 0.2) is 57.2 Å². The van der Waals surface area contributed by atoms with Crippen LogP contribution in [-0.4, -0.2) is 13.4 Å². The van der Waals surface area contributed by atoms with E-state index >= 15 is 0 Å². The predicted octanol–water partition coefficient (Wildman–Crippen LogP) is 4.63. The van der Waals surface area contributed by atoms with E-state index in [0.29, 0.717) is 6.42 Å². The van der Waals surface area contributed by atoms with E-state index in [1.807, 2.05) is 18.2 Å². The Labute approximate surface area is 128 Å². The van der Waals surface area contributed by atoms with Gasteiger partial charge in [0.05, 0.1) is 19.6 Å². The average Bonchev–Trinajstić information content (AvgIpc) is 2.50. The summed E-state index contributed by atoms with van der Waals surface area (Å²) < 4.78 is 5.26. The van der Waals surface area contributed by atoms with Crippen LogP contribution in [0.25, 0.3) is 0 Å². The maximum Gasteiger partial charge on any atom is 0.120 e. The van der Waals surface area contributed by atoms with Crippen molar-refractivity contribution in [2.24, 2.45) is 0 Å². The maximum atomic E-state index is 8.91. The molecule has 0 fully saturated rings. The van der Waals surface area contributed by atoms with E-state index in [9.17, 15) is 0 Å². The molecule has 0 amide bonds. The summed E-state index contributed by atoms with van der Waals surface area (Å²) in [7, 11) is 1.65. The van der Waals surface area contributed by atoms with Gasteiger partial charge >= 0.3 is 0 Å². The Hall–Kier alpha value is -1.57. The molecular weight excluding hydrogens is 286 g/mol. The SMILES string of the molecule is COc1ccc(CC#N)c(Sc2ccc(SC)cc2)c1. The Morgan fingerprint density at radius 1 is 1.10 bits per heavy atom. The fourth-order valence-corrected chi connectivity index (χ4v) is 3.14. The minimum absolute atomic E-state index is 0.412. The molecular formula is C16H15NOS2. The third-order valence-corrected chi connectivity index (χ3v) is 4.68. The second kappa shape index (κ2) is 7.28. The molecule has 0 bridgehead atoms. The van der Waals surface area contributed by atoms with Gasteiger partial charge in [0, 0.05) is 14.7 Å². The summed E-state index contributed by atoms with van der Waals surface area (Å²) in [5.41, 5.74) is 1.03. The van der Waals surface area contributed by atoms with Crippen LogP contribution in [0.4, 0.5) is 0 Å². The smallest absolute Gasteiger partial charge is 0.120 e. The van der Waals surface area contributed by atoms with Gasteiger partial charge in [0.25, 0.3) is 0 Å². The number of hydrogen-bond acceptors (Lipinski definition) is 4. The Morgan fingerprint density at radius 2 is 1.80 bits per heavy atom. The molecule has 2 rings (SSSR count). The van der Waals surface area contributed by atoms with Crippen molar-refractivity contribution >= 4 is 23.5 Å². The van der Waals surface area contributed by atoms with Gasteiger partial charge in [-0.25, -0.2) is 0 Å². The van der Waals surface area contributed by atoms with Crippen LogP contribution in [0, 0.1) is 11.3 Å². The Balaban J connectivity index is 2.27. The highest BCUT2D eigenvalue weighted by Gasteiger charge is 2.06. The number of methoxy groups -OCH3 is 1. The summed E-state index contributed by atoms with van der Waals surface area (Å²) in [6, 6.07) is 16.5. The standard InChI is InChI=1S/C16H15NOS2/c1-18-13-4-3-12(9-10-17)16(11-13)20-15-7-5-14(19-2)6-8-15/h3-8,11H,9H2,1-2H3. The molecule has 0 aliphatic carbocycles. The minimum Gasteiger partial charge on any atom is -0.497 e. The topological polar surface area (TPSA) is 33.0 Å². The second-order valence-corrected chi connectivity index (χ2v) is 6.08. The molecule has 2 aromatic carbocycles. The van der Waals surface area contributed by atoms with Gasteiger partial charge in [-0.1, -0.05) is 17.8 Å². The van der Waals surface area contributed by atoms with Crippen molar-refractivity contribution in [3.63, 3.8) is 0 Å². The Bertz CT molecular complexity index is 617. The number of nitrogens with zero attached hydrogens (tertiary/aromatic N) is 1. The van der Waals surface area contributed by atoms with Gasteiger partial charge in [0.1, 0.15) is 5.75 Å². The lowest BCUT2D eigenvalue weighted by molar-refractivity contribution is 0.413. The lowest BCUT2D eigenvalue weighted by atomic mass is 10.1. The first-order valence-electron chi connectivity index (χ1n) is 6.12. The first kappa shape index (κ1) is 14.8. The van der Waals surface area contributed by atoms with Crippen molar-refractivity contribution in [2.75, 3.05) is 13.4 Å². The summed E-state index contributed by atoms with van der Waals surface area (Å²) in [5.74, 6) is 0.815. The monoisotopic (exact) mass is 301 g/mol. The van der Waals surface area contributed by atoms with E-state index in [0.717, 1.165) is 21.1 Å². The molecule has 4 heteroatoms. The van der Waals surface area contributed by atoms with E-state index in [1.54, 1.807) is 30.6 Å². The van der Waals surface area contributed by atoms with E-state index in [4.69, 9.17) is 10.00 Å². The summed E-state index contributed by atoms with van der Waals surface area (Å²) in [5, 5.41) is 8.91. The van der Waals surface area contributed by atoms with Gasteiger partial charge in [0.2, 0.25) is 0 Å². The molecule has 0 aliphatic heterocycles. The predicted molar refractivity (Wildman–Crippen MR) is 84.7 cm³/mol. The van der Waals surface area contributed by atoms with Crippen molar-refractivity contribution in [3.05, 3.63) is 48.0 Å². The second-order valence-electron chi connectivity index (χ2n) is 4.09. The third kappa shape index (κ3) is 3.72. The van der Waals surface area contributed by atoms with E-state index < -0.39 is 0 Å². The van der Waals surface area contributed by atoms with E-state index in [-0.39, 0.29) is 0 Å². The van der Waals surface area contributed by atoms with Gasteiger partial charge in [0.15, 0.2) is 0 Å². The normalized spacial score (nSPS) is 10.1. The zero-order chi connectivity index (χ0) is 14.4. The van der Waals surface area contributed by atoms with Gasteiger partial charge in [-0.2, -0.15) is 5.26 Å². The fourth-order valence-electron chi connectivity index (χ4n) is 1.76. The highest BCUT2D eigenvalue weighted by molar-refractivity contribution is 7.99. The number of ether oxygens (including phenoxy) is 1. The first-order valence-corrected chi connectivity index (χ1v) is 8.16. The summed E-state index contributed by atoms with van der Waals surface area (Å²) >= 11 is 3.39. The van der Waals surface area contributed by atoms with Gasteiger partial charge < -0.3 is 4.74 Å². The molecule has 0 radical (unpaired) electrons. The average molecular weight is 301 g/mol.